The summed E-state index contributed by atoms with van der Waals surface area (Å²) in [6.07, 6.45) is 1.51. The molecule has 0 aliphatic heterocycles. The maximum atomic E-state index is 13.3. The van der Waals surface area contributed by atoms with Crippen LogP contribution in [0.25, 0.3) is 33.9 Å². The summed E-state index contributed by atoms with van der Waals surface area (Å²) in [5.41, 5.74) is 2.12. The first-order chi connectivity index (χ1) is 17.4. The topological polar surface area (TPSA) is 112 Å². The summed E-state index contributed by atoms with van der Waals surface area (Å²) in [6.45, 7) is 1.70. The number of nitrogens with zero attached hydrogens (tertiary/aromatic N) is 4. The second-order valence-corrected chi connectivity index (χ2v) is 8.44. The van der Waals surface area contributed by atoms with Gasteiger partial charge in [0.1, 0.15) is 23.5 Å². The van der Waals surface area contributed by atoms with Crippen molar-refractivity contribution < 1.29 is 14.1 Å². The lowest BCUT2D eigenvalue weighted by Crippen LogP contribution is -2.22. The van der Waals surface area contributed by atoms with Gasteiger partial charge >= 0.3 is 0 Å². The van der Waals surface area contributed by atoms with Crippen LogP contribution in [0.4, 0.5) is 5.69 Å². The van der Waals surface area contributed by atoms with Crippen molar-refractivity contribution in [2.45, 2.75) is 13.5 Å². The van der Waals surface area contributed by atoms with Crippen molar-refractivity contribution in [3.05, 3.63) is 87.8 Å². The van der Waals surface area contributed by atoms with Gasteiger partial charge in [0, 0.05) is 22.5 Å². The van der Waals surface area contributed by atoms with Crippen LogP contribution >= 0.6 is 11.6 Å². The van der Waals surface area contributed by atoms with Crippen molar-refractivity contribution in [1.29, 1.82) is 0 Å². The van der Waals surface area contributed by atoms with Crippen LogP contribution in [-0.2, 0) is 11.3 Å². The molecule has 10 heteroatoms. The fourth-order valence-corrected chi connectivity index (χ4v) is 3.90. The van der Waals surface area contributed by atoms with E-state index in [1.54, 1.807) is 59.2 Å². The fourth-order valence-electron chi connectivity index (χ4n) is 3.77. The Morgan fingerprint density at radius 3 is 2.64 bits per heavy atom. The third kappa shape index (κ3) is 4.56. The van der Waals surface area contributed by atoms with Gasteiger partial charge in [-0.1, -0.05) is 28.9 Å². The van der Waals surface area contributed by atoms with Crippen LogP contribution in [0, 0.1) is 6.92 Å². The summed E-state index contributed by atoms with van der Waals surface area (Å²) in [5, 5.41) is 7.75. The Labute approximate surface area is 210 Å². The van der Waals surface area contributed by atoms with Gasteiger partial charge in [0.15, 0.2) is 0 Å². The number of halogens is 1. The lowest BCUT2D eigenvalue weighted by Gasteiger charge is -2.13. The van der Waals surface area contributed by atoms with E-state index in [0.29, 0.717) is 44.6 Å². The van der Waals surface area contributed by atoms with E-state index in [2.05, 4.69) is 20.4 Å². The molecule has 2 aromatic carbocycles. The predicted octanol–water partition coefficient (Wildman–Crippen LogP) is 4.72. The third-order valence-electron chi connectivity index (χ3n) is 5.51. The molecule has 0 fully saturated rings. The average molecular weight is 502 g/mol. The molecule has 9 nitrogen and oxygen atoms in total. The first-order valence-electron chi connectivity index (χ1n) is 11.0. The minimum Gasteiger partial charge on any atom is -0.495 e. The van der Waals surface area contributed by atoms with Gasteiger partial charge in [0.2, 0.25) is 17.2 Å². The zero-order chi connectivity index (χ0) is 25.2. The highest BCUT2D eigenvalue weighted by Gasteiger charge is 2.19. The first-order valence-corrected chi connectivity index (χ1v) is 11.3. The van der Waals surface area contributed by atoms with E-state index < -0.39 is 0 Å². The van der Waals surface area contributed by atoms with E-state index in [4.69, 9.17) is 20.9 Å². The summed E-state index contributed by atoms with van der Waals surface area (Å²) in [6, 6.07) is 17.4. The number of hydrogen-bond donors (Lipinski definition) is 1. The summed E-state index contributed by atoms with van der Waals surface area (Å²) in [5.74, 6) is 0.548. The van der Waals surface area contributed by atoms with Crippen molar-refractivity contribution in [3.8, 4) is 28.6 Å². The van der Waals surface area contributed by atoms with Gasteiger partial charge in [-0.2, -0.15) is 4.98 Å². The van der Waals surface area contributed by atoms with Gasteiger partial charge in [0.05, 0.1) is 18.2 Å². The minimum absolute atomic E-state index is 0.0336. The van der Waals surface area contributed by atoms with E-state index in [-0.39, 0.29) is 29.3 Å². The molecule has 3 heterocycles. The molecule has 5 aromatic rings. The predicted molar refractivity (Wildman–Crippen MR) is 136 cm³/mol. The maximum Gasteiger partial charge on any atom is 0.263 e. The molecule has 0 bridgehead atoms. The van der Waals surface area contributed by atoms with Crippen molar-refractivity contribution in [3.63, 3.8) is 0 Å². The minimum atomic E-state index is -0.329. The number of aryl methyl sites for hydroxylation is 1. The Balaban J connectivity index is 1.55. The van der Waals surface area contributed by atoms with Crippen LogP contribution in [0.3, 0.4) is 0 Å². The number of para-hydroxylation sites is 2. The molecule has 0 saturated carbocycles. The number of carbonyl (C=O) groups is 1. The lowest BCUT2D eigenvalue weighted by molar-refractivity contribution is -0.116. The summed E-state index contributed by atoms with van der Waals surface area (Å²) in [4.78, 5) is 35.2. The number of fused-ring (bicyclic) bond motifs is 1. The van der Waals surface area contributed by atoms with Crippen LogP contribution in [-0.4, -0.2) is 32.7 Å². The monoisotopic (exact) mass is 501 g/mol. The third-order valence-corrected chi connectivity index (χ3v) is 5.77. The number of amides is 1. The largest absolute Gasteiger partial charge is 0.495 e. The highest BCUT2D eigenvalue weighted by Crippen LogP contribution is 2.25. The van der Waals surface area contributed by atoms with Gasteiger partial charge in [-0.25, -0.2) is 4.98 Å². The molecule has 180 valence electrons. The standard InChI is InChI=1S/C26H20ClN5O4/c1-15-7-12-18-23(34)19(26-30-24(31-36-26)16-8-10-17(27)11-9-16)13-32(25(18)28-15)14-22(33)29-20-5-3-4-6-21(20)35-2/h3-13H,14H2,1-2H3,(H,29,33). The quantitative estimate of drug-likeness (QED) is 0.358. The lowest BCUT2D eigenvalue weighted by atomic mass is 10.1. The molecule has 0 aliphatic rings. The number of anilines is 1. The summed E-state index contributed by atoms with van der Waals surface area (Å²) in [7, 11) is 1.53. The van der Waals surface area contributed by atoms with E-state index in [9.17, 15) is 9.59 Å². The van der Waals surface area contributed by atoms with E-state index in [1.807, 2.05) is 13.0 Å². The molecule has 0 radical (unpaired) electrons. The summed E-state index contributed by atoms with van der Waals surface area (Å²) >= 11 is 5.96. The number of ether oxygens (including phenoxy) is 1. The molecular weight excluding hydrogens is 482 g/mol. The number of nitrogens with one attached hydrogen (secondary N) is 1. The molecule has 5 rings (SSSR count). The zero-order valence-electron chi connectivity index (χ0n) is 19.4. The van der Waals surface area contributed by atoms with Crippen molar-refractivity contribution in [1.82, 2.24) is 19.7 Å². The van der Waals surface area contributed by atoms with Crippen LogP contribution in [0.2, 0.25) is 5.02 Å². The molecular formula is C26H20ClN5O4. The van der Waals surface area contributed by atoms with E-state index in [1.165, 1.54) is 13.3 Å². The highest BCUT2D eigenvalue weighted by molar-refractivity contribution is 6.30. The number of rotatable bonds is 6. The Kier molecular flexibility index (Phi) is 6.22. The van der Waals surface area contributed by atoms with Crippen LogP contribution in [0.5, 0.6) is 5.75 Å². The Bertz CT molecular complexity index is 1640. The Morgan fingerprint density at radius 2 is 1.86 bits per heavy atom. The molecule has 1 amide bonds. The molecule has 0 saturated heterocycles. The van der Waals surface area contributed by atoms with Gasteiger partial charge < -0.3 is 19.1 Å². The van der Waals surface area contributed by atoms with Crippen LogP contribution < -0.4 is 15.5 Å². The number of hydrogen-bond acceptors (Lipinski definition) is 7. The molecule has 1 N–H and O–H groups in total. The van der Waals surface area contributed by atoms with Crippen LogP contribution in [0.15, 0.2) is 76.2 Å². The SMILES string of the molecule is COc1ccccc1NC(=O)Cn1cc(-c2nc(-c3ccc(Cl)cc3)no2)c(=O)c2ccc(C)nc21. The maximum absolute atomic E-state index is 13.3. The summed E-state index contributed by atoms with van der Waals surface area (Å²) < 4.78 is 12.3. The normalized spacial score (nSPS) is 11.0. The molecule has 0 spiro atoms. The van der Waals surface area contributed by atoms with Gasteiger partial charge in [0.25, 0.3) is 5.89 Å². The van der Waals surface area contributed by atoms with Crippen molar-refractivity contribution in [2.24, 2.45) is 0 Å². The fraction of sp³-hybridized carbons (Fsp3) is 0.115. The van der Waals surface area contributed by atoms with Gasteiger partial charge in [-0.3, -0.25) is 9.59 Å². The smallest absolute Gasteiger partial charge is 0.263 e. The molecule has 0 atom stereocenters. The second-order valence-electron chi connectivity index (χ2n) is 8.00. The van der Waals surface area contributed by atoms with E-state index >= 15 is 0 Å². The molecule has 0 aliphatic carbocycles. The van der Waals surface area contributed by atoms with Gasteiger partial charge in [-0.15, -0.1) is 0 Å². The Hall–Kier alpha value is -4.50. The molecule has 36 heavy (non-hydrogen) atoms. The Morgan fingerprint density at radius 1 is 1.08 bits per heavy atom. The number of methoxy groups -OCH3 is 1. The average Bonchev–Trinajstić information content (AvgIpc) is 3.36. The van der Waals surface area contributed by atoms with Crippen LogP contribution in [0.1, 0.15) is 5.69 Å². The van der Waals surface area contributed by atoms with Gasteiger partial charge in [-0.05, 0) is 55.5 Å². The number of benzene rings is 2. The van der Waals surface area contributed by atoms with E-state index in [0.717, 1.165) is 0 Å². The zero-order valence-corrected chi connectivity index (χ0v) is 20.1. The molecule has 3 aromatic heterocycles. The van der Waals surface area contributed by atoms with Crippen molar-refractivity contribution >= 4 is 34.2 Å². The molecule has 0 unspecified atom stereocenters. The number of carbonyl (C=O) groups excluding carboxylic acids is 1. The number of pyridine rings is 2. The second kappa shape index (κ2) is 9.63. The first kappa shape index (κ1) is 23.3. The number of aromatic nitrogens is 4. The highest BCUT2D eigenvalue weighted by atomic mass is 35.5. The van der Waals surface area contributed by atoms with Crippen molar-refractivity contribution in [2.75, 3.05) is 12.4 Å².